The van der Waals surface area contributed by atoms with E-state index in [2.05, 4.69) is 10.6 Å². The van der Waals surface area contributed by atoms with Gasteiger partial charge in [-0.3, -0.25) is 13.9 Å². The zero-order valence-electron chi connectivity index (χ0n) is 19.3. The van der Waals surface area contributed by atoms with E-state index in [1.54, 1.807) is 13.8 Å². The summed E-state index contributed by atoms with van der Waals surface area (Å²) < 4.78 is 56.3. The lowest BCUT2D eigenvalue weighted by Gasteiger charge is -2.37. The van der Waals surface area contributed by atoms with Gasteiger partial charge in [0.25, 0.3) is 10.0 Å². The first kappa shape index (κ1) is 25.6. The molecule has 0 spiro atoms. The number of nitrogens with one attached hydrogen (secondary N) is 2. The zero-order chi connectivity index (χ0) is 26.2. The lowest BCUT2D eigenvalue weighted by molar-refractivity contribution is -0.125. The van der Waals surface area contributed by atoms with Crippen molar-refractivity contribution >= 4 is 44.8 Å². The molecule has 7 nitrogen and oxygen atoms in total. The largest absolute Gasteiger partial charge is 0.352 e. The van der Waals surface area contributed by atoms with Crippen molar-refractivity contribution in [3.8, 4) is 0 Å². The number of halogens is 3. The number of hydrogen-bond donors (Lipinski definition) is 2. The Labute approximate surface area is 212 Å². The van der Waals surface area contributed by atoms with Crippen molar-refractivity contribution in [2.24, 2.45) is 0 Å². The Bertz CT molecular complexity index is 1460. The minimum Gasteiger partial charge on any atom is -0.352 e. The maximum absolute atomic E-state index is 14.6. The lowest BCUT2D eigenvalue weighted by Crippen LogP contribution is -2.53. The van der Waals surface area contributed by atoms with Gasteiger partial charge in [0.15, 0.2) is 0 Å². The topological polar surface area (TPSA) is 95.6 Å². The average Bonchev–Trinajstić information content (AvgIpc) is 2.82. The fourth-order valence-electron chi connectivity index (χ4n) is 3.96. The summed E-state index contributed by atoms with van der Waals surface area (Å²) in [6, 6.07) is 10.6. The predicted octanol–water partition coefficient (Wildman–Crippen LogP) is 4.46. The number of hydrogen-bond acceptors (Lipinski definition) is 4. The summed E-state index contributed by atoms with van der Waals surface area (Å²) in [5.74, 6) is -2.72. The van der Waals surface area contributed by atoms with Gasteiger partial charge in [0, 0.05) is 11.6 Å². The number of carbonyl (C=O) groups is 2. The van der Waals surface area contributed by atoms with Gasteiger partial charge in [0.2, 0.25) is 11.8 Å². The number of rotatable bonds is 6. The van der Waals surface area contributed by atoms with E-state index in [-0.39, 0.29) is 22.8 Å². The number of carbonyl (C=O) groups excluding carboxylic acids is 2. The molecule has 3 aromatic carbocycles. The quantitative estimate of drug-likeness (QED) is 0.489. The first-order valence-electron chi connectivity index (χ1n) is 10.9. The fraction of sp³-hybridized carbons (Fsp3) is 0.200. The van der Waals surface area contributed by atoms with Gasteiger partial charge in [-0.05, 0) is 66.9 Å². The highest BCUT2D eigenvalue weighted by Gasteiger charge is 2.43. The van der Waals surface area contributed by atoms with Gasteiger partial charge in [-0.15, -0.1) is 0 Å². The number of amides is 2. The van der Waals surface area contributed by atoms with E-state index in [4.69, 9.17) is 11.6 Å². The molecule has 0 saturated heterocycles. The Morgan fingerprint density at radius 1 is 1.08 bits per heavy atom. The van der Waals surface area contributed by atoms with E-state index < -0.39 is 45.9 Å². The summed E-state index contributed by atoms with van der Waals surface area (Å²) in [6.45, 7) is 3.23. The van der Waals surface area contributed by atoms with Crippen LogP contribution >= 0.6 is 11.6 Å². The average molecular weight is 534 g/mol. The van der Waals surface area contributed by atoms with Crippen LogP contribution in [-0.4, -0.2) is 26.3 Å². The van der Waals surface area contributed by atoms with Crippen LogP contribution in [-0.2, 0) is 26.2 Å². The highest BCUT2D eigenvalue weighted by molar-refractivity contribution is 7.93. The van der Waals surface area contributed by atoms with E-state index in [1.165, 1.54) is 48.5 Å². The van der Waals surface area contributed by atoms with Gasteiger partial charge >= 0.3 is 0 Å². The van der Waals surface area contributed by atoms with E-state index in [1.807, 2.05) is 0 Å². The van der Waals surface area contributed by atoms with Crippen LogP contribution < -0.4 is 14.9 Å². The van der Waals surface area contributed by atoms with E-state index in [9.17, 15) is 26.8 Å². The second-order valence-corrected chi connectivity index (χ2v) is 10.6. The smallest absolute Gasteiger partial charge is 0.265 e. The first-order valence-corrected chi connectivity index (χ1v) is 12.7. The summed E-state index contributed by atoms with van der Waals surface area (Å²) >= 11 is 6.14. The Kier molecular flexibility index (Phi) is 7.01. The van der Waals surface area contributed by atoms with Crippen LogP contribution in [0.1, 0.15) is 23.1 Å². The molecule has 1 atom stereocenters. The molecule has 11 heteroatoms. The Morgan fingerprint density at radius 2 is 1.78 bits per heavy atom. The number of sulfonamides is 1. The van der Waals surface area contributed by atoms with Crippen molar-refractivity contribution < 1.29 is 26.8 Å². The molecule has 1 aliphatic rings. The third-order valence-corrected chi connectivity index (χ3v) is 8.21. The van der Waals surface area contributed by atoms with E-state index >= 15 is 0 Å². The Morgan fingerprint density at radius 3 is 2.47 bits per heavy atom. The molecule has 0 bridgehead atoms. The lowest BCUT2D eigenvalue weighted by atomic mass is 10.1. The number of nitrogens with zero attached hydrogens (tertiary/aromatic N) is 1. The SMILES string of the molecule is Cc1cc(S(=O)(=O)N2c3cccc(F)c3NC(=O)C2CC(=O)NCc2ccc(F)cc2)c(C)cc1Cl. The molecular formula is C25H22ClF2N3O4S. The molecule has 0 aliphatic carbocycles. The third-order valence-electron chi connectivity index (χ3n) is 5.84. The van der Waals surface area contributed by atoms with Crippen LogP contribution in [0.25, 0.3) is 0 Å². The molecule has 1 unspecified atom stereocenters. The molecule has 0 fully saturated rings. The Balaban J connectivity index is 1.72. The molecule has 4 rings (SSSR count). The van der Waals surface area contributed by atoms with E-state index in [0.717, 1.165) is 10.4 Å². The molecule has 0 saturated carbocycles. The van der Waals surface area contributed by atoms with Crippen molar-refractivity contribution in [3.63, 3.8) is 0 Å². The van der Waals surface area contributed by atoms with Crippen LogP contribution in [0.5, 0.6) is 0 Å². The van der Waals surface area contributed by atoms with Crippen molar-refractivity contribution in [2.75, 3.05) is 9.62 Å². The van der Waals surface area contributed by atoms with Gasteiger partial charge in [-0.2, -0.15) is 0 Å². The second-order valence-electron chi connectivity index (χ2n) is 8.41. The number of aryl methyl sites for hydroxylation is 2. The van der Waals surface area contributed by atoms with Crippen molar-refractivity contribution in [1.82, 2.24) is 5.32 Å². The summed E-state index contributed by atoms with van der Waals surface area (Å²) in [7, 11) is -4.44. The van der Waals surface area contributed by atoms with Crippen molar-refractivity contribution in [3.05, 3.63) is 87.9 Å². The number of benzene rings is 3. The van der Waals surface area contributed by atoms with E-state index in [0.29, 0.717) is 21.7 Å². The predicted molar refractivity (Wildman–Crippen MR) is 132 cm³/mol. The van der Waals surface area contributed by atoms with Crippen molar-refractivity contribution in [2.45, 2.75) is 37.8 Å². The van der Waals surface area contributed by atoms with Gasteiger partial charge in [-0.1, -0.05) is 29.8 Å². The van der Waals surface area contributed by atoms with Crippen LogP contribution in [0.15, 0.2) is 59.5 Å². The van der Waals surface area contributed by atoms with Crippen LogP contribution in [0.4, 0.5) is 20.2 Å². The monoisotopic (exact) mass is 533 g/mol. The number of anilines is 2. The highest BCUT2D eigenvalue weighted by Crippen LogP contribution is 2.40. The summed E-state index contributed by atoms with van der Waals surface area (Å²) in [5.41, 5.74) is 1.04. The van der Waals surface area contributed by atoms with Crippen LogP contribution in [0, 0.1) is 25.5 Å². The maximum atomic E-state index is 14.6. The molecule has 0 radical (unpaired) electrons. The zero-order valence-corrected chi connectivity index (χ0v) is 20.9. The minimum absolute atomic E-state index is 0.0426. The molecule has 2 amide bonds. The van der Waals surface area contributed by atoms with Crippen LogP contribution in [0.3, 0.4) is 0 Å². The van der Waals surface area contributed by atoms with Crippen LogP contribution in [0.2, 0.25) is 5.02 Å². The molecule has 1 heterocycles. The Hall–Kier alpha value is -3.50. The molecule has 188 valence electrons. The summed E-state index contributed by atoms with van der Waals surface area (Å²) in [5, 5.41) is 5.36. The van der Waals surface area contributed by atoms with Crippen molar-refractivity contribution in [1.29, 1.82) is 0 Å². The first-order chi connectivity index (χ1) is 17.0. The molecule has 0 aromatic heterocycles. The van der Waals surface area contributed by atoms with Gasteiger partial charge in [0.05, 0.1) is 17.0 Å². The minimum atomic E-state index is -4.44. The summed E-state index contributed by atoms with van der Waals surface area (Å²) in [6.07, 6.45) is -0.534. The third kappa shape index (κ3) is 4.91. The molecule has 3 aromatic rings. The highest BCUT2D eigenvalue weighted by atomic mass is 35.5. The normalized spacial score (nSPS) is 15.3. The molecular weight excluding hydrogens is 512 g/mol. The molecule has 36 heavy (non-hydrogen) atoms. The van der Waals surface area contributed by atoms with Gasteiger partial charge < -0.3 is 10.6 Å². The fourth-order valence-corrected chi connectivity index (χ4v) is 6.10. The number of fused-ring (bicyclic) bond motifs is 1. The maximum Gasteiger partial charge on any atom is 0.265 e. The van der Waals surface area contributed by atoms with Gasteiger partial charge in [-0.25, -0.2) is 17.2 Å². The molecule has 2 N–H and O–H groups in total. The molecule has 1 aliphatic heterocycles. The second kappa shape index (κ2) is 9.87. The summed E-state index contributed by atoms with van der Waals surface area (Å²) in [4.78, 5) is 25.7. The number of para-hydroxylation sites is 1. The standard InChI is InChI=1S/C25H22ClF2N3O4S/c1-14-11-22(15(2)10-18(14)26)36(34,35)31-20-5-3-4-19(28)24(20)30-25(33)21(31)12-23(32)29-13-16-6-8-17(27)9-7-16/h3-11,21H,12-13H2,1-2H3,(H,29,32)(H,30,33). The van der Waals surface area contributed by atoms with Gasteiger partial charge in [0.1, 0.15) is 23.4 Å².